The van der Waals surface area contributed by atoms with Crippen LogP contribution in [0.15, 0.2) is 22.8 Å². The summed E-state index contributed by atoms with van der Waals surface area (Å²) in [5.41, 5.74) is 4.80. The van der Waals surface area contributed by atoms with Crippen molar-refractivity contribution in [3.05, 3.63) is 22.8 Å². The molecule has 0 bridgehead atoms. The third-order valence-corrected chi connectivity index (χ3v) is 14.3. The molecule has 298 valence electrons. The van der Waals surface area contributed by atoms with Gasteiger partial charge in [0.25, 0.3) is 0 Å². The Balaban J connectivity index is 1.17. The van der Waals surface area contributed by atoms with Crippen LogP contribution in [0, 0.1) is 40.4 Å². The molecule has 12 heteroatoms. The SMILES string of the molecule is CC(C)C[C@H](O)C[C@@H](C)[C@@H]1CC=C2C3=C(CC[C@@]21C)[C@@]1(C)CC[C@H](O[C@H]2O[C@@H](CO)[C@H](O)[C@@H](O)[C@@H]2O[C@H]2O[C@@H](CO)[C@H](O)[C@@H](O)[C@@H]2O)[C@H](C)[C@H]1CC3. The van der Waals surface area contributed by atoms with Crippen LogP contribution in [-0.4, -0.2) is 128 Å². The molecule has 0 radical (unpaired) electrons. The van der Waals surface area contributed by atoms with Crippen LogP contribution in [0.5, 0.6) is 0 Å². The summed E-state index contributed by atoms with van der Waals surface area (Å²) in [4.78, 5) is 0. The lowest BCUT2D eigenvalue weighted by Crippen LogP contribution is -2.65. The first kappa shape index (κ1) is 40.7. The van der Waals surface area contributed by atoms with Crippen molar-refractivity contribution in [2.75, 3.05) is 13.2 Å². The molecule has 0 unspecified atom stereocenters. The van der Waals surface area contributed by atoms with Gasteiger partial charge in [0.2, 0.25) is 0 Å². The fraction of sp³-hybridized carbons (Fsp3) is 0.900. The molecule has 0 aromatic rings. The lowest BCUT2D eigenvalue weighted by Gasteiger charge is -2.57. The zero-order valence-electron chi connectivity index (χ0n) is 31.9. The molecule has 12 nitrogen and oxygen atoms in total. The second-order valence-electron chi connectivity index (χ2n) is 18.0. The van der Waals surface area contributed by atoms with Gasteiger partial charge in [0, 0.05) is 0 Å². The molecule has 2 aliphatic heterocycles. The third-order valence-electron chi connectivity index (χ3n) is 14.3. The average molecular weight is 739 g/mol. The highest BCUT2D eigenvalue weighted by atomic mass is 16.8. The highest BCUT2D eigenvalue weighted by molar-refractivity contribution is 5.49. The summed E-state index contributed by atoms with van der Waals surface area (Å²) >= 11 is 0. The molecule has 6 aliphatic rings. The summed E-state index contributed by atoms with van der Waals surface area (Å²) in [6.07, 6.45) is -4.22. The molecule has 52 heavy (non-hydrogen) atoms. The van der Waals surface area contributed by atoms with Crippen LogP contribution < -0.4 is 0 Å². The van der Waals surface area contributed by atoms with Gasteiger partial charge in [0.15, 0.2) is 12.6 Å². The van der Waals surface area contributed by atoms with E-state index in [1.807, 2.05) is 0 Å². The van der Waals surface area contributed by atoms with E-state index < -0.39 is 74.6 Å². The number of aliphatic hydroxyl groups is 8. The van der Waals surface area contributed by atoms with Crippen molar-refractivity contribution in [3.63, 3.8) is 0 Å². The van der Waals surface area contributed by atoms with Gasteiger partial charge < -0.3 is 59.8 Å². The lowest BCUT2D eigenvalue weighted by molar-refractivity contribution is -0.374. The van der Waals surface area contributed by atoms with Gasteiger partial charge in [-0.3, -0.25) is 0 Å². The Kier molecular flexibility index (Phi) is 12.4. The third kappa shape index (κ3) is 7.23. The fourth-order valence-corrected chi connectivity index (χ4v) is 11.4. The van der Waals surface area contributed by atoms with E-state index >= 15 is 0 Å². The van der Waals surface area contributed by atoms with Crippen molar-refractivity contribution in [2.24, 2.45) is 40.4 Å². The van der Waals surface area contributed by atoms with Crippen LogP contribution in [0.1, 0.15) is 99.3 Å². The van der Waals surface area contributed by atoms with E-state index in [-0.39, 0.29) is 29.0 Å². The molecular weight excluding hydrogens is 672 g/mol. The van der Waals surface area contributed by atoms with E-state index in [0.717, 1.165) is 51.4 Å². The van der Waals surface area contributed by atoms with Gasteiger partial charge in [-0.2, -0.15) is 0 Å². The zero-order valence-corrected chi connectivity index (χ0v) is 31.9. The quantitative estimate of drug-likeness (QED) is 0.154. The van der Waals surface area contributed by atoms with Gasteiger partial charge >= 0.3 is 0 Å². The average Bonchev–Trinajstić information content (AvgIpc) is 3.46. The maximum atomic E-state index is 11.2. The van der Waals surface area contributed by atoms with Crippen molar-refractivity contribution in [3.8, 4) is 0 Å². The predicted octanol–water partition coefficient (Wildman–Crippen LogP) is 2.32. The summed E-state index contributed by atoms with van der Waals surface area (Å²) in [7, 11) is 0. The van der Waals surface area contributed by atoms with Crippen molar-refractivity contribution in [1.29, 1.82) is 0 Å². The Morgan fingerprint density at radius 1 is 0.788 bits per heavy atom. The van der Waals surface area contributed by atoms with Crippen LogP contribution in [0.2, 0.25) is 0 Å². The highest BCUT2D eigenvalue weighted by Gasteiger charge is 2.57. The Hall–Kier alpha value is -1.00. The number of fused-ring (bicyclic) bond motifs is 4. The summed E-state index contributed by atoms with van der Waals surface area (Å²) in [6, 6.07) is 0. The molecule has 3 fully saturated rings. The summed E-state index contributed by atoms with van der Waals surface area (Å²) in [6.45, 7) is 12.5. The molecule has 4 aliphatic carbocycles. The predicted molar refractivity (Wildman–Crippen MR) is 190 cm³/mol. The smallest absolute Gasteiger partial charge is 0.187 e. The summed E-state index contributed by atoms with van der Waals surface area (Å²) in [5, 5.41) is 83.6. The second-order valence-corrected chi connectivity index (χ2v) is 18.0. The molecule has 0 aromatic heterocycles. The molecular formula is C40H66O12. The van der Waals surface area contributed by atoms with E-state index in [1.54, 1.807) is 16.7 Å². The molecule has 0 spiro atoms. The van der Waals surface area contributed by atoms with Crippen LogP contribution in [0.4, 0.5) is 0 Å². The van der Waals surface area contributed by atoms with Crippen LogP contribution in [0.25, 0.3) is 0 Å². The van der Waals surface area contributed by atoms with E-state index in [1.165, 1.54) is 0 Å². The molecule has 2 heterocycles. The molecule has 2 saturated heterocycles. The number of allylic oxidation sites excluding steroid dienone is 4. The zero-order chi connectivity index (χ0) is 37.9. The fourth-order valence-electron chi connectivity index (χ4n) is 11.4. The van der Waals surface area contributed by atoms with Crippen molar-refractivity contribution in [1.82, 2.24) is 0 Å². The normalized spacial score (nSPS) is 47.8. The van der Waals surface area contributed by atoms with E-state index in [9.17, 15) is 40.9 Å². The first-order valence-electron chi connectivity index (χ1n) is 19.9. The van der Waals surface area contributed by atoms with Crippen molar-refractivity contribution < 1.29 is 59.8 Å². The van der Waals surface area contributed by atoms with E-state index in [4.69, 9.17) is 18.9 Å². The van der Waals surface area contributed by atoms with Crippen LogP contribution >= 0.6 is 0 Å². The monoisotopic (exact) mass is 738 g/mol. The minimum Gasteiger partial charge on any atom is -0.394 e. The molecule has 1 saturated carbocycles. The standard InChI is InChI=1S/C40H66O12/c1-19(2)15-22(43)16-20(3)24-9-10-26-23-7-8-25-21(4)28(12-14-40(25,6)27(23)11-13-39(24,26)5)49-38-36(34(47)32(45)30(18-42)51-38)52-37-35(48)33(46)31(44)29(17-41)50-37/h10,19-22,24-25,28-38,41-48H,7-9,11-18H2,1-6H3/t20-,21-,22+,24+,25-,28+,29+,30+,31+,32+,33-,34-,35+,36+,37-,38+,39-,40+/m1/s1. The molecule has 6 rings (SSSR count). The Morgan fingerprint density at radius 2 is 1.44 bits per heavy atom. The minimum atomic E-state index is -1.72. The summed E-state index contributed by atoms with van der Waals surface area (Å²) in [5.74, 6) is 1.87. The molecule has 18 atom stereocenters. The number of aliphatic hydroxyl groups excluding tert-OH is 8. The topological polar surface area (TPSA) is 199 Å². The largest absolute Gasteiger partial charge is 0.394 e. The van der Waals surface area contributed by atoms with E-state index in [0.29, 0.717) is 30.1 Å². The van der Waals surface area contributed by atoms with Crippen molar-refractivity contribution in [2.45, 2.75) is 173 Å². The maximum absolute atomic E-state index is 11.2. The second kappa shape index (κ2) is 15.9. The molecule has 0 aromatic carbocycles. The van der Waals surface area contributed by atoms with Crippen LogP contribution in [-0.2, 0) is 18.9 Å². The maximum Gasteiger partial charge on any atom is 0.187 e. The van der Waals surface area contributed by atoms with Gasteiger partial charge in [-0.1, -0.05) is 53.2 Å². The van der Waals surface area contributed by atoms with E-state index in [2.05, 4.69) is 47.6 Å². The Bertz CT molecular complexity index is 1300. The van der Waals surface area contributed by atoms with Gasteiger partial charge in [-0.15, -0.1) is 0 Å². The minimum absolute atomic E-state index is 0.00478. The lowest BCUT2D eigenvalue weighted by atomic mass is 9.49. The van der Waals surface area contributed by atoms with Gasteiger partial charge in [-0.25, -0.2) is 0 Å². The first-order chi connectivity index (χ1) is 24.5. The van der Waals surface area contributed by atoms with Gasteiger partial charge in [0.05, 0.1) is 25.4 Å². The summed E-state index contributed by atoms with van der Waals surface area (Å²) < 4.78 is 24.1. The first-order valence-corrected chi connectivity index (χ1v) is 19.9. The molecule has 0 amide bonds. The number of hydrogen-bond acceptors (Lipinski definition) is 12. The number of rotatable bonds is 11. The van der Waals surface area contributed by atoms with Crippen LogP contribution in [0.3, 0.4) is 0 Å². The van der Waals surface area contributed by atoms with Gasteiger partial charge in [-0.05, 0) is 109 Å². The van der Waals surface area contributed by atoms with Gasteiger partial charge in [0.1, 0.15) is 48.8 Å². The highest BCUT2D eigenvalue weighted by Crippen LogP contribution is 2.65. The molecule has 8 N–H and O–H groups in total. The Morgan fingerprint density at radius 3 is 2.10 bits per heavy atom. The Labute approximate surface area is 308 Å². The number of ether oxygens (including phenoxy) is 4. The number of hydrogen-bond donors (Lipinski definition) is 8. The van der Waals surface area contributed by atoms with Crippen molar-refractivity contribution >= 4 is 0 Å².